The first-order chi connectivity index (χ1) is 8.56. The summed E-state index contributed by atoms with van der Waals surface area (Å²) in [6.07, 6.45) is 2.09. The number of hydrogen-bond donors (Lipinski definition) is 1. The van der Waals surface area contributed by atoms with Crippen LogP contribution in [0, 0.1) is 0 Å². The van der Waals surface area contributed by atoms with Crippen molar-refractivity contribution in [2.24, 2.45) is 12.8 Å². The minimum atomic E-state index is -0.357. The van der Waals surface area contributed by atoms with Gasteiger partial charge in [-0.3, -0.25) is 4.79 Å². The Bertz CT molecular complexity index is 602. The van der Waals surface area contributed by atoms with Gasteiger partial charge in [-0.15, -0.1) is 0 Å². The van der Waals surface area contributed by atoms with E-state index in [2.05, 4.69) is 0 Å². The highest BCUT2D eigenvalue weighted by atomic mass is 16.5. The van der Waals surface area contributed by atoms with Crippen molar-refractivity contribution in [3.8, 4) is 11.5 Å². The lowest BCUT2D eigenvalue weighted by Gasteiger charge is -2.08. The molecule has 0 bridgehead atoms. The van der Waals surface area contributed by atoms with Gasteiger partial charge in [-0.1, -0.05) is 0 Å². The van der Waals surface area contributed by atoms with E-state index in [9.17, 15) is 4.79 Å². The summed E-state index contributed by atoms with van der Waals surface area (Å²) in [4.78, 5) is 11.1. The van der Waals surface area contributed by atoms with E-state index >= 15 is 0 Å². The second-order valence-electron chi connectivity index (χ2n) is 4.13. The molecule has 0 fully saturated rings. The average molecular weight is 248 g/mol. The molecule has 96 valence electrons. The number of fused-ring (bicyclic) bond motifs is 1. The lowest BCUT2D eigenvalue weighted by molar-refractivity contribution is -0.117. The lowest BCUT2D eigenvalue weighted by Crippen LogP contribution is -2.13. The van der Waals surface area contributed by atoms with Crippen molar-refractivity contribution in [1.82, 2.24) is 4.57 Å². The summed E-state index contributed by atoms with van der Waals surface area (Å²) in [7, 11) is 5.11. The normalized spacial score (nSPS) is 10.6. The summed E-state index contributed by atoms with van der Waals surface area (Å²) in [5.41, 5.74) is 7.05. The molecule has 0 aliphatic carbocycles. The molecule has 0 saturated carbocycles. The van der Waals surface area contributed by atoms with E-state index in [-0.39, 0.29) is 12.3 Å². The smallest absolute Gasteiger partial charge is 0.221 e. The summed E-state index contributed by atoms with van der Waals surface area (Å²) in [5, 5.41) is 0.924. The van der Waals surface area contributed by atoms with E-state index in [0.29, 0.717) is 11.5 Å². The number of amides is 1. The number of methoxy groups -OCH3 is 2. The molecule has 5 nitrogen and oxygen atoms in total. The fraction of sp³-hybridized carbons (Fsp3) is 0.308. The van der Waals surface area contributed by atoms with E-state index in [1.165, 1.54) is 0 Å². The lowest BCUT2D eigenvalue weighted by atomic mass is 10.1. The number of carbonyl (C=O) groups is 1. The Labute approximate surface area is 105 Å². The van der Waals surface area contributed by atoms with Crippen LogP contribution in [0.4, 0.5) is 0 Å². The van der Waals surface area contributed by atoms with Crippen LogP contribution in [0.2, 0.25) is 0 Å². The maximum absolute atomic E-state index is 11.1. The fourth-order valence-electron chi connectivity index (χ4n) is 2.16. The van der Waals surface area contributed by atoms with E-state index in [1.807, 2.05) is 29.9 Å². The number of hydrogen-bond acceptors (Lipinski definition) is 3. The zero-order chi connectivity index (χ0) is 13.3. The molecule has 2 rings (SSSR count). The first-order valence-electron chi connectivity index (χ1n) is 5.55. The third kappa shape index (κ3) is 1.99. The number of nitrogens with two attached hydrogens (primary N) is 1. The van der Waals surface area contributed by atoms with Crippen molar-refractivity contribution in [2.45, 2.75) is 6.42 Å². The Morgan fingerprint density at radius 2 is 2.06 bits per heavy atom. The van der Waals surface area contributed by atoms with Crippen LogP contribution in [-0.2, 0) is 18.3 Å². The molecule has 0 radical (unpaired) electrons. The molecule has 2 aromatic rings. The van der Waals surface area contributed by atoms with Gasteiger partial charge in [0.25, 0.3) is 0 Å². The van der Waals surface area contributed by atoms with Gasteiger partial charge >= 0.3 is 0 Å². The highest BCUT2D eigenvalue weighted by molar-refractivity contribution is 5.93. The molecule has 1 aromatic carbocycles. The van der Waals surface area contributed by atoms with Crippen LogP contribution in [0.3, 0.4) is 0 Å². The molecule has 0 spiro atoms. The topological polar surface area (TPSA) is 66.5 Å². The molecular formula is C13H16N2O3. The zero-order valence-corrected chi connectivity index (χ0v) is 10.7. The molecule has 18 heavy (non-hydrogen) atoms. The van der Waals surface area contributed by atoms with E-state index in [1.54, 1.807) is 14.2 Å². The van der Waals surface area contributed by atoms with Gasteiger partial charge in [0.1, 0.15) is 11.5 Å². The van der Waals surface area contributed by atoms with Crippen molar-refractivity contribution in [1.29, 1.82) is 0 Å². The number of aryl methyl sites for hydroxylation is 1. The molecule has 1 heterocycles. The SMILES string of the molecule is COc1cc(OC)c2c(c1)c(CC(N)=O)cn2C. The average Bonchev–Trinajstić information content (AvgIpc) is 2.64. The molecule has 1 aromatic heterocycles. The van der Waals surface area contributed by atoms with Gasteiger partial charge in [-0.25, -0.2) is 0 Å². The van der Waals surface area contributed by atoms with Crippen LogP contribution >= 0.6 is 0 Å². The van der Waals surface area contributed by atoms with Crippen LogP contribution in [-0.4, -0.2) is 24.7 Å². The zero-order valence-electron chi connectivity index (χ0n) is 10.7. The Hall–Kier alpha value is -2.17. The number of primary amides is 1. The van der Waals surface area contributed by atoms with Crippen molar-refractivity contribution >= 4 is 16.8 Å². The Kier molecular flexibility index (Phi) is 3.14. The number of aromatic nitrogens is 1. The van der Waals surface area contributed by atoms with Gasteiger partial charge in [0.15, 0.2) is 0 Å². The third-order valence-electron chi connectivity index (χ3n) is 2.92. The molecule has 0 atom stereocenters. The van der Waals surface area contributed by atoms with Crippen LogP contribution < -0.4 is 15.2 Å². The fourth-order valence-corrected chi connectivity index (χ4v) is 2.16. The summed E-state index contributed by atoms with van der Waals surface area (Å²) >= 11 is 0. The van der Waals surface area contributed by atoms with Crippen molar-refractivity contribution in [3.63, 3.8) is 0 Å². The maximum Gasteiger partial charge on any atom is 0.221 e. The number of benzene rings is 1. The Morgan fingerprint density at radius 1 is 1.33 bits per heavy atom. The van der Waals surface area contributed by atoms with Crippen LogP contribution in [0.25, 0.3) is 10.9 Å². The second kappa shape index (κ2) is 4.60. The Morgan fingerprint density at radius 3 is 2.61 bits per heavy atom. The second-order valence-corrected chi connectivity index (χ2v) is 4.13. The molecular weight excluding hydrogens is 232 g/mol. The van der Waals surface area contributed by atoms with Gasteiger partial charge in [-0.05, 0) is 11.6 Å². The van der Waals surface area contributed by atoms with Gasteiger partial charge in [-0.2, -0.15) is 0 Å². The number of rotatable bonds is 4. The number of nitrogens with zero attached hydrogens (tertiary/aromatic N) is 1. The largest absolute Gasteiger partial charge is 0.497 e. The van der Waals surface area contributed by atoms with E-state index in [4.69, 9.17) is 15.2 Å². The predicted molar refractivity (Wildman–Crippen MR) is 68.9 cm³/mol. The molecule has 0 aliphatic heterocycles. The van der Waals surface area contributed by atoms with Crippen molar-refractivity contribution in [2.75, 3.05) is 14.2 Å². The van der Waals surface area contributed by atoms with E-state index in [0.717, 1.165) is 16.5 Å². The summed E-state index contributed by atoms with van der Waals surface area (Å²) in [6, 6.07) is 3.70. The van der Waals surface area contributed by atoms with Gasteiger partial charge in [0.2, 0.25) is 5.91 Å². The quantitative estimate of drug-likeness (QED) is 0.884. The first kappa shape index (κ1) is 12.3. The van der Waals surface area contributed by atoms with Crippen LogP contribution in [0.15, 0.2) is 18.3 Å². The molecule has 0 aliphatic rings. The van der Waals surface area contributed by atoms with Crippen molar-refractivity contribution < 1.29 is 14.3 Å². The highest BCUT2D eigenvalue weighted by Gasteiger charge is 2.14. The molecule has 2 N–H and O–H groups in total. The van der Waals surface area contributed by atoms with Crippen LogP contribution in [0.1, 0.15) is 5.56 Å². The summed E-state index contributed by atoms with van der Waals surface area (Å²) in [5.74, 6) is 1.04. The molecule has 1 amide bonds. The highest BCUT2D eigenvalue weighted by Crippen LogP contribution is 2.34. The Balaban J connectivity index is 2.71. The number of ether oxygens (including phenoxy) is 2. The minimum Gasteiger partial charge on any atom is -0.497 e. The molecule has 5 heteroatoms. The first-order valence-corrected chi connectivity index (χ1v) is 5.55. The maximum atomic E-state index is 11.1. The standard InChI is InChI=1S/C13H16N2O3/c1-15-7-8(4-12(14)16)10-5-9(17-2)6-11(18-3)13(10)15/h5-7H,4H2,1-3H3,(H2,14,16). The van der Waals surface area contributed by atoms with E-state index < -0.39 is 0 Å². The monoisotopic (exact) mass is 248 g/mol. The van der Waals surface area contributed by atoms with Gasteiger partial charge in [0.05, 0.1) is 26.2 Å². The summed E-state index contributed by atoms with van der Waals surface area (Å²) in [6.45, 7) is 0. The van der Waals surface area contributed by atoms with Crippen LogP contribution in [0.5, 0.6) is 11.5 Å². The van der Waals surface area contributed by atoms with Gasteiger partial charge in [0, 0.05) is 24.7 Å². The minimum absolute atomic E-state index is 0.202. The van der Waals surface area contributed by atoms with Gasteiger partial charge < -0.3 is 19.8 Å². The third-order valence-corrected chi connectivity index (χ3v) is 2.92. The predicted octanol–water partition coefficient (Wildman–Crippen LogP) is 1.22. The molecule has 0 unspecified atom stereocenters. The summed E-state index contributed by atoms with van der Waals surface area (Å²) < 4.78 is 12.5. The van der Waals surface area contributed by atoms with Crippen molar-refractivity contribution in [3.05, 3.63) is 23.9 Å². The number of carbonyl (C=O) groups excluding carboxylic acids is 1. The molecule has 0 saturated heterocycles.